The molecule has 0 aliphatic carbocycles. The molecule has 1 atom stereocenters. The van der Waals surface area contributed by atoms with Gasteiger partial charge in [-0.25, -0.2) is 4.79 Å². The van der Waals surface area contributed by atoms with E-state index in [2.05, 4.69) is 9.47 Å². The number of hydrogen-bond acceptors (Lipinski definition) is 7. The molecule has 20 heavy (non-hydrogen) atoms. The summed E-state index contributed by atoms with van der Waals surface area (Å²) in [6.45, 7) is 0. The molecule has 0 saturated carbocycles. The zero-order chi connectivity index (χ0) is 15.3. The van der Waals surface area contributed by atoms with E-state index < -0.39 is 28.5 Å². The average molecular weight is 278 g/mol. The maximum Gasteiger partial charge on any atom is 0.338 e. The normalized spacial score (nSPS) is 11.1. The lowest BCUT2D eigenvalue weighted by Gasteiger charge is -2.08. The molecular formula is C12H10N2O6. The van der Waals surface area contributed by atoms with Gasteiger partial charge in [0.2, 0.25) is 0 Å². The Hall–Kier alpha value is -2.95. The maximum absolute atomic E-state index is 11.4. The van der Waals surface area contributed by atoms with Gasteiger partial charge in [0.05, 0.1) is 36.3 Å². The van der Waals surface area contributed by atoms with Crippen molar-refractivity contribution in [3.63, 3.8) is 0 Å². The summed E-state index contributed by atoms with van der Waals surface area (Å²) in [7, 11) is 2.20. The third kappa shape index (κ3) is 2.89. The molecule has 0 heterocycles. The van der Waals surface area contributed by atoms with E-state index in [1.54, 1.807) is 6.07 Å². The number of nitrogens with zero attached hydrogens (tertiary/aromatic N) is 2. The molecule has 0 amide bonds. The van der Waals surface area contributed by atoms with Gasteiger partial charge in [-0.3, -0.25) is 14.9 Å². The zero-order valence-corrected chi connectivity index (χ0v) is 10.7. The van der Waals surface area contributed by atoms with Gasteiger partial charge in [0, 0.05) is 6.07 Å². The van der Waals surface area contributed by atoms with E-state index in [1.807, 2.05) is 0 Å². The van der Waals surface area contributed by atoms with Crippen molar-refractivity contribution in [3.8, 4) is 6.07 Å². The first-order chi connectivity index (χ1) is 9.46. The summed E-state index contributed by atoms with van der Waals surface area (Å²) in [6.07, 6.45) is 0. The number of methoxy groups -OCH3 is 2. The van der Waals surface area contributed by atoms with E-state index >= 15 is 0 Å². The van der Waals surface area contributed by atoms with Crippen LogP contribution in [0.5, 0.6) is 0 Å². The van der Waals surface area contributed by atoms with Crippen LogP contribution < -0.4 is 0 Å². The fourth-order valence-electron chi connectivity index (χ4n) is 1.56. The van der Waals surface area contributed by atoms with Crippen LogP contribution in [0.1, 0.15) is 21.8 Å². The highest BCUT2D eigenvalue weighted by Crippen LogP contribution is 2.28. The van der Waals surface area contributed by atoms with Crippen LogP contribution in [0.25, 0.3) is 0 Å². The quantitative estimate of drug-likeness (QED) is 0.460. The van der Waals surface area contributed by atoms with Gasteiger partial charge in [0.1, 0.15) is 0 Å². The van der Waals surface area contributed by atoms with E-state index in [4.69, 9.17) is 5.26 Å². The molecule has 0 radical (unpaired) electrons. The minimum Gasteiger partial charge on any atom is -0.468 e. The number of nitriles is 1. The molecule has 0 spiro atoms. The largest absolute Gasteiger partial charge is 0.468 e. The molecule has 1 aromatic rings. The van der Waals surface area contributed by atoms with Crippen molar-refractivity contribution in [2.75, 3.05) is 14.2 Å². The number of hydrogen-bond donors (Lipinski definition) is 0. The summed E-state index contributed by atoms with van der Waals surface area (Å²) in [5, 5.41) is 20.0. The van der Waals surface area contributed by atoms with Crippen LogP contribution in [-0.4, -0.2) is 31.1 Å². The van der Waals surface area contributed by atoms with E-state index in [1.165, 1.54) is 6.07 Å². The fraction of sp³-hybridized carbons (Fsp3) is 0.250. The maximum atomic E-state index is 11.4. The highest BCUT2D eigenvalue weighted by molar-refractivity contribution is 5.91. The summed E-state index contributed by atoms with van der Waals surface area (Å²) < 4.78 is 8.86. The lowest BCUT2D eigenvalue weighted by atomic mass is 9.97. The van der Waals surface area contributed by atoms with Crippen molar-refractivity contribution in [1.29, 1.82) is 5.26 Å². The second kappa shape index (κ2) is 6.29. The van der Waals surface area contributed by atoms with Crippen LogP contribution in [0, 0.1) is 21.4 Å². The Balaban J connectivity index is 3.41. The fourth-order valence-corrected chi connectivity index (χ4v) is 1.56. The van der Waals surface area contributed by atoms with Crippen molar-refractivity contribution in [2.24, 2.45) is 0 Å². The van der Waals surface area contributed by atoms with Gasteiger partial charge in [0.25, 0.3) is 5.69 Å². The third-order valence-electron chi connectivity index (χ3n) is 2.53. The van der Waals surface area contributed by atoms with E-state index in [0.717, 1.165) is 26.4 Å². The van der Waals surface area contributed by atoms with Crippen molar-refractivity contribution in [1.82, 2.24) is 0 Å². The van der Waals surface area contributed by atoms with E-state index in [9.17, 15) is 19.7 Å². The summed E-state index contributed by atoms with van der Waals surface area (Å²) in [6, 6.07) is 4.98. The van der Waals surface area contributed by atoms with Gasteiger partial charge in [-0.1, -0.05) is 0 Å². The van der Waals surface area contributed by atoms with Crippen molar-refractivity contribution in [2.45, 2.75) is 5.92 Å². The lowest BCUT2D eigenvalue weighted by Crippen LogP contribution is -2.14. The molecule has 1 unspecified atom stereocenters. The first kappa shape index (κ1) is 15.1. The Kier molecular flexibility index (Phi) is 4.75. The van der Waals surface area contributed by atoms with Crippen LogP contribution in [0.15, 0.2) is 18.2 Å². The van der Waals surface area contributed by atoms with Gasteiger partial charge in [-0.05, 0) is 12.1 Å². The van der Waals surface area contributed by atoms with Gasteiger partial charge < -0.3 is 9.47 Å². The number of nitro groups is 1. The highest BCUT2D eigenvalue weighted by Gasteiger charge is 2.29. The molecule has 0 saturated heterocycles. The number of ether oxygens (including phenoxy) is 2. The third-order valence-corrected chi connectivity index (χ3v) is 2.53. The molecule has 0 aromatic heterocycles. The van der Waals surface area contributed by atoms with Gasteiger partial charge in [0.15, 0.2) is 5.92 Å². The number of carbonyl (C=O) groups excluding carboxylic acids is 2. The molecule has 0 aliphatic heterocycles. The molecule has 0 fully saturated rings. The van der Waals surface area contributed by atoms with E-state index in [-0.39, 0.29) is 11.1 Å². The lowest BCUT2D eigenvalue weighted by molar-refractivity contribution is -0.385. The standard InChI is InChI=1S/C12H10N2O6/c1-19-11(15)7-3-4-8(10(5-7)14(17)18)9(6-13)12(16)20-2/h3-5,9H,1-2H3. The Morgan fingerprint density at radius 1 is 1.35 bits per heavy atom. The number of rotatable bonds is 4. The summed E-state index contributed by atoms with van der Waals surface area (Å²) >= 11 is 0. The Morgan fingerprint density at radius 3 is 2.45 bits per heavy atom. The number of carbonyl (C=O) groups is 2. The molecule has 1 rings (SSSR count). The molecule has 0 bridgehead atoms. The summed E-state index contributed by atoms with van der Waals surface area (Å²) in [4.78, 5) is 33.0. The Morgan fingerprint density at radius 2 is 2.00 bits per heavy atom. The molecular weight excluding hydrogens is 268 g/mol. The van der Waals surface area contributed by atoms with Crippen LogP contribution in [0.3, 0.4) is 0 Å². The predicted molar refractivity (Wildman–Crippen MR) is 64.8 cm³/mol. The van der Waals surface area contributed by atoms with E-state index in [0.29, 0.717) is 0 Å². The van der Waals surface area contributed by atoms with Gasteiger partial charge in [-0.2, -0.15) is 5.26 Å². The molecule has 104 valence electrons. The summed E-state index contributed by atoms with van der Waals surface area (Å²) in [5.41, 5.74) is -0.716. The number of benzene rings is 1. The van der Waals surface area contributed by atoms with Crippen LogP contribution in [-0.2, 0) is 14.3 Å². The minimum atomic E-state index is -1.44. The van der Waals surface area contributed by atoms with Crippen molar-refractivity contribution in [3.05, 3.63) is 39.4 Å². The van der Waals surface area contributed by atoms with Crippen LogP contribution in [0.2, 0.25) is 0 Å². The highest BCUT2D eigenvalue weighted by atomic mass is 16.6. The Labute approximate surface area is 113 Å². The average Bonchev–Trinajstić information content (AvgIpc) is 2.46. The molecule has 1 aromatic carbocycles. The SMILES string of the molecule is COC(=O)c1ccc(C(C#N)C(=O)OC)c([N+](=O)[O-])c1. The first-order valence-electron chi connectivity index (χ1n) is 5.30. The van der Waals surface area contributed by atoms with Crippen LogP contribution in [0.4, 0.5) is 5.69 Å². The molecule has 0 N–H and O–H groups in total. The van der Waals surface area contributed by atoms with Gasteiger partial charge >= 0.3 is 11.9 Å². The topological polar surface area (TPSA) is 120 Å². The van der Waals surface area contributed by atoms with Crippen molar-refractivity contribution >= 4 is 17.6 Å². The molecule has 0 aliphatic rings. The molecule has 8 nitrogen and oxygen atoms in total. The number of esters is 2. The second-order valence-electron chi connectivity index (χ2n) is 3.61. The predicted octanol–water partition coefficient (Wildman–Crippen LogP) is 1.16. The number of nitro benzene ring substituents is 1. The zero-order valence-electron chi connectivity index (χ0n) is 10.7. The second-order valence-corrected chi connectivity index (χ2v) is 3.61. The van der Waals surface area contributed by atoms with Crippen LogP contribution >= 0.6 is 0 Å². The Bertz CT molecular complexity index is 604. The first-order valence-corrected chi connectivity index (χ1v) is 5.30. The molecule has 8 heteroatoms. The van der Waals surface area contributed by atoms with Gasteiger partial charge in [-0.15, -0.1) is 0 Å². The monoisotopic (exact) mass is 278 g/mol. The summed E-state index contributed by atoms with van der Waals surface area (Å²) in [5.74, 6) is -3.11. The minimum absolute atomic E-state index is 0.0514. The smallest absolute Gasteiger partial charge is 0.338 e. The van der Waals surface area contributed by atoms with Crippen molar-refractivity contribution < 1.29 is 24.0 Å².